The molecule has 0 saturated heterocycles. The molecule has 1 heterocycles. The van der Waals surface area contributed by atoms with E-state index in [1.54, 1.807) is 18.2 Å². The molecule has 5 nitrogen and oxygen atoms in total. The van der Waals surface area contributed by atoms with Crippen LogP contribution in [0.3, 0.4) is 0 Å². The number of nitrogens with zero attached hydrogens (tertiary/aromatic N) is 1. The largest absolute Gasteiger partial charge is 0.468 e. The van der Waals surface area contributed by atoms with Crippen molar-refractivity contribution < 1.29 is 31.9 Å². The molecule has 1 aromatic carbocycles. The summed E-state index contributed by atoms with van der Waals surface area (Å²) in [7, 11) is 1.10. The molecule has 2 aromatic rings. The van der Waals surface area contributed by atoms with Gasteiger partial charge in [-0.15, -0.1) is 0 Å². The highest BCUT2D eigenvalue weighted by Gasteiger charge is 2.29. The van der Waals surface area contributed by atoms with Crippen molar-refractivity contribution in [2.24, 2.45) is 0 Å². The van der Waals surface area contributed by atoms with Crippen LogP contribution < -0.4 is 0 Å². The molecule has 0 radical (unpaired) electrons. The van der Waals surface area contributed by atoms with E-state index in [1.807, 2.05) is 12.1 Å². The number of hydrogen-bond acceptors (Lipinski definition) is 4. The lowest BCUT2D eigenvalue weighted by atomic mass is 10.2. The number of amides is 1. The standard InChI is InChI=1S/C17H16F3NO4/c1-24-16(23)11-21(9-8-17(18,19)20)15(22)7-6-13-10-12-4-2-3-5-14(12)25-13/h2-7,10H,8-9,11H2,1H3/b7-6+. The van der Waals surface area contributed by atoms with Crippen LogP contribution in [0.15, 0.2) is 40.8 Å². The third kappa shape index (κ3) is 5.66. The fourth-order valence-corrected chi connectivity index (χ4v) is 2.09. The Balaban J connectivity index is 2.09. The predicted molar refractivity (Wildman–Crippen MR) is 84.5 cm³/mol. The maximum Gasteiger partial charge on any atom is 0.390 e. The number of carbonyl (C=O) groups is 2. The molecule has 0 aliphatic rings. The number of hydrogen-bond donors (Lipinski definition) is 0. The second-order valence-electron chi connectivity index (χ2n) is 5.22. The number of methoxy groups -OCH3 is 1. The van der Waals surface area contributed by atoms with Crippen LogP contribution in [-0.2, 0) is 14.3 Å². The Hall–Kier alpha value is -2.77. The summed E-state index contributed by atoms with van der Waals surface area (Å²) in [6.07, 6.45) is -3.23. The van der Waals surface area contributed by atoms with Gasteiger partial charge in [0.25, 0.3) is 0 Å². The number of halogens is 3. The number of esters is 1. The minimum absolute atomic E-state index is 0.378. The van der Waals surface area contributed by atoms with Crippen molar-refractivity contribution in [3.8, 4) is 0 Å². The van der Waals surface area contributed by atoms with Gasteiger partial charge < -0.3 is 14.1 Å². The molecule has 0 aliphatic heterocycles. The second kappa shape index (κ2) is 7.87. The van der Waals surface area contributed by atoms with Crippen LogP contribution in [-0.4, -0.2) is 43.2 Å². The smallest absolute Gasteiger partial charge is 0.390 e. The van der Waals surface area contributed by atoms with Gasteiger partial charge in [-0.1, -0.05) is 18.2 Å². The minimum atomic E-state index is -4.43. The van der Waals surface area contributed by atoms with Crippen molar-refractivity contribution in [3.05, 3.63) is 42.2 Å². The molecule has 2 rings (SSSR count). The van der Waals surface area contributed by atoms with E-state index in [0.717, 1.165) is 23.5 Å². The highest BCUT2D eigenvalue weighted by atomic mass is 19.4. The second-order valence-corrected chi connectivity index (χ2v) is 5.22. The van der Waals surface area contributed by atoms with Crippen LogP contribution in [0.25, 0.3) is 17.0 Å². The summed E-state index contributed by atoms with van der Waals surface area (Å²) in [5, 5.41) is 0.832. The Morgan fingerprint density at radius 2 is 2.00 bits per heavy atom. The number of alkyl halides is 3. The van der Waals surface area contributed by atoms with E-state index in [9.17, 15) is 22.8 Å². The topological polar surface area (TPSA) is 59.8 Å². The molecule has 0 N–H and O–H groups in total. The van der Waals surface area contributed by atoms with E-state index >= 15 is 0 Å². The van der Waals surface area contributed by atoms with Gasteiger partial charge in [-0.25, -0.2) is 0 Å². The van der Waals surface area contributed by atoms with Crippen molar-refractivity contribution in [2.45, 2.75) is 12.6 Å². The first kappa shape index (κ1) is 18.6. The zero-order chi connectivity index (χ0) is 18.4. The maximum absolute atomic E-state index is 12.4. The third-order valence-corrected chi connectivity index (χ3v) is 3.36. The van der Waals surface area contributed by atoms with E-state index in [1.165, 1.54) is 6.08 Å². The Bertz CT molecular complexity index is 747. The summed E-state index contributed by atoms with van der Waals surface area (Å²) in [5.41, 5.74) is 0.623. The zero-order valence-corrected chi connectivity index (χ0v) is 13.4. The van der Waals surface area contributed by atoms with Gasteiger partial charge in [0.05, 0.1) is 13.5 Å². The average Bonchev–Trinajstić information content (AvgIpc) is 2.98. The molecule has 0 unspecified atom stereocenters. The van der Waals surface area contributed by atoms with Crippen molar-refractivity contribution in [3.63, 3.8) is 0 Å². The molecule has 0 fully saturated rings. The monoisotopic (exact) mass is 355 g/mol. The van der Waals surface area contributed by atoms with E-state index in [4.69, 9.17) is 4.42 Å². The number of benzene rings is 1. The molecule has 1 aromatic heterocycles. The van der Waals surface area contributed by atoms with E-state index in [0.29, 0.717) is 11.3 Å². The molecule has 134 valence electrons. The van der Waals surface area contributed by atoms with Crippen LogP contribution in [0.1, 0.15) is 12.2 Å². The first-order valence-corrected chi connectivity index (χ1v) is 7.37. The van der Waals surface area contributed by atoms with Gasteiger partial charge in [0, 0.05) is 18.0 Å². The van der Waals surface area contributed by atoms with Gasteiger partial charge in [-0.05, 0) is 18.2 Å². The van der Waals surface area contributed by atoms with Crippen LogP contribution >= 0.6 is 0 Å². The van der Waals surface area contributed by atoms with E-state index in [-0.39, 0.29) is 0 Å². The van der Waals surface area contributed by atoms with Crippen LogP contribution in [0, 0.1) is 0 Å². The van der Waals surface area contributed by atoms with Gasteiger partial charge in [-0.3, -0.25) is 9.59 Å². The summed E-state index contributed by atoms with van der Waals surface area (Å²) in [5.74, 6) is -1.16. The number of fused-ring (bicyclic) bond motifs is 1. The highest BCUT2D eigenvalue weighted by molar-refractivity contribution is 5.94. The Labute approximate surface area is 141 Å². The highest BCUT2D eigenvalue weighted by Crippen LogP contribution is 2.21. The molecular weight excluding hydrogens is 339 g/mol. The number of ether oxygens (including phenoxy) is 1. The Morgan fingerprint density at radius 3 is 2.64 bits per heavy atom. The van der Waals surface area contributed by atoms with Gasteiger partial charge in [-0.2, -0.15) is 13.2 Å². The fraction of sp³-hybridized carbons (Fsp3) is 0.294. The third-order valence-electron chi connectivity index (χ3n) is 3.36. The molecule has 0 aliphatic carbocycles. The summed E-state index contributed by atoms with van der Waals surface area (Å²) in [4.78, 5) is 24.2. The quantitative estimate of drug-likeness (QED) is 0.589. The summed E-state index contributed by atoms with van der Waals surface area (Å²) >= 11 is 0. The first-order valence-electron chi connectivity index (χ1n) is 7.37. The van der Waals surface area contributed by atoms with E-state index in [2.05, 4.69) is 4.74 Å². The van der Waals surface area contributed by atoms with Crippen molar-refractivity contribution in [1.29, 1.82) is 0 Å². The van der Waals surface area contributed by atoms with Gasteiger partial charge in [0.1, 0.15) is 17.9 Å². The first-order chi connectivity index (χ1) is 11.8. The molecule has 1 amide bonds. The SMILES string of the molecule is COC(=O)CN(CCC(F)(F)F)C(=O)/C=C/c1cc2ccccc2o1. The van der Waals surface area contributed by atoms with Crippen LogP contribution in [0.4, 0.5) is 13.2 Å². The molecule has 8 heteroatoms. The van der Waals surface area contributed by atoms with Crippen LogP contribution in [0.5, 0.6) is 0 Å². The van der Waals surface area contributed by atoms with Gasteiger partial charge in [0.15, 0.2) is 0 Å². The Kier molecular flexibility index (Phi) is 5.84. The van der Waals surface area contributed by atoms with Gasteiger partial charge in [0.2, 0.25) is 5.91 Å². The number of carbonyl (C=O) groups excluding carboxylic acids is 2. The zero-order valence-electron chi connectivity index (χ0n) is 13.4. The maximum atomic E-state index is 12.4. The lowest BCUT2D eigenvalue weighted by Crippen LogP contribution is -2.37. The number of para-hydroxylation sites is 1. The summed E-state index contributed by atoms with van der Waals surface area (Å²) < 4.78 is 47.0. The average molecular weight is 355 g/mol. The number of rotatable bonds is 6. The molecule has 0 atom stereocenters. The molecule has 0 spiro atoms. The molecule has 25 heavy (non-hydrogen) atoms. The van der Waals surface area contributed by atoms with E-state index < -0.39 is 37.6 Å². The van der Waals surface area contributed by atoms with Crippen molar-refractivity contribution >= 4 is 28.9 Å². The van der Waals surface area contributed by atoms with Crippen LogP contribution in [0.2, 0.25) is 0 Å². The van der Waals surface area contributed by atoms with Crippen molar-refractivity contribution in [2.75, 3.05) is 20.2 Å². The lowest BCUT2D eigenvalue weighted by Gasteiger charge is -2.20. The summed E-state index contributed by atoms with van der Waals surface area (Å²) in [6, 6.07) is 8.89. The summed E-state index contributed by atoms with van der Waals surface area (Å²) in [6.45, 7) is -1.20. The molecule has 0 saturated carbocycles. The van der Waals surface area contributed by atoms with Crippen molar-refractivity contribution in [1.82, 2.24) is 4.90 Å². The normalized spacial score (nSPS) is 11.8. The molecular formula is C17H16F3NO4. The molecule has 0 bridgehead atoms. The predicted octanol–water partition coefficient (Wildman–Crippen LogP) is 3.40. The lowest BCUT2D eigenvalue weighted by molar-refractivity contribution is -0.152. The fourth-order valence-electron chi connectivity index (χ4n) is 2.09. The van der Waals surface area contributed by atoms with Gasteiger partial charge >= 0.3 is 12.1 Å². The number of furan rings is 1. The minimum Gasteiger partial charge on any atom is -0.468 e. The Morgan fingerprint density at radius 1 is 1.28 bits per heavy atom.